The highest BCUT2D eigenvalue weighted by atomic mass is 16.1. The molecule has 0 aromatic rings. The number of amides is 1. The Hall–Kier alpha value is -0.570. The van der Waals surface area contributed by atoms with Gasteiger partial charge in [-0.3, -0.25) is 4.79 Å². The predicted molar refractivity (Wildman–Crippen MR) is 53.5 cm³/mol. The van der Waals surface area contributed by atoms with Gasteiger partial charge in [-0.25, -0.2) is 0 Å². The molecule has 0 bridgehead atoms. The van der Waals surface area contributed by atoms with Crippen LogP contribution in [0, 0.1) is 5.92 Å². The first-order valence-corrected chi connectivity index (χ1v) is 5.22. The quantitative estimate of drug-likeness (QED) is 0.644. The van der Waals surface area contributed by atoms with Gasteiger partial charge in [-0.05, 0) is 18.8 Å². The maximum atomic E-state index is 10.9. The van der Waals surface area contributed by atoms with Crippen molar-refractivity contribution < 1.29 is 4.79 Å². The molecule has 76 valence electrons. The molecule has 1 fully saturated rings. The zero-order chi connectivity index (χ0) is 9.68. The molecule has 0 saturated heterocycles. The molecule has 13 heavy (non-hydrogen) atoms. The van der Waals surface area contributed by atoms with Crippen LogP contribution in [0.1, 0.15) is 32.6 Å². The first-order chi connectivity index (χ1) is 6.27. The predicted octanol–water partition coefficient (Wildman–Crippen LogP) is 0.901. The van der Waals surface area contributed by atoms with Crippen LogP contribution in [-0.2, 0) is 4.79 Å². The Morgan fingerprint density at radius 2 is 2.31 bits per heavy atom. The van der Waals surface area contributed by atoms with Gasteiger partial charge < -0.3 is 10.6 Å². The van der Waals surface area contributed by atoms with Crippen molar-refractivity contribution in [2.45, 2.75) is 38.6 Å². The number of carbonyl (C=O) groups is 1. The van der Waals surface area contributed by atoms with Gasteiger partial charge in [0.15, 0.2) is 0 Å². The van der Waals surface area contributed by atoms with E-state index in [4.69, 9.17) is 0 Å². The largest absolute Gasteiger partial charge is 0.359 e. The smallest absolute Gasteiger partial charge is 0.221 e. The zero-order valence-corrected chi connectivity index (χ0v) is 8.60. The summed E-state index contributed by atoms with van der Waals surface area (Å²) in [6.07, 6.45) is 4.52. The summed E-state index contributed by atoms with van der Waals surface area (Å²) in [5.41, 5.74) is 0. The number of nitrogens with one attached hydrogen (secondary N) is 2. The normalized spacial score (nSPS) is 25.7. The van der Waals surface area contributed by atoms with Crippen LogP contribution in [0.25, 0.3) is 0 Å². The van der Waals surface area contributed by atoms with E-state index in [1.165, 1.54) is 19.3 Å². The van der Waals surface area contributed by atoms with E-state index in [1.807, 2.05) is 0 Å². The van der Waals surface area contributed by atoms with E-state index in [2.05, 4.69) is 17.6 Å². The van der Waals surface area contributed by atoms with Crippen molar-refractivity contribution in [1.82, 2.24) is 10.6 Å². The average Bonchev–Trinajstić information content (AvgIpc) is 2.84. The van der Waals surface area contributed by atoms with Gasteiger partial charge in [-0.2, -0.15) is 0 Å². The molecule has 3 nitrogen and oxygen atoms in total. The maximum Gasteiger partial charge on any atom is 0.221 e. The summed E-state index contributed by atoms with van der Waals surface area (Å²) in [7, 11) is 1.68. The van der Waals surface area contributed by atoms with Crippen LogP contribution < -0.4 is 10.6 Å². The van der Waals surface area contributed by atoms with E-state index in [-0.39, 0.29) is 5.91 Å². The summed E-state index contributed by atoms with van der Waals surface area (Å²) in [4.78, 5) is 10.9. The van der Waals surface area contributed by atoms with Crippen LogP contribution >= 0.6 is 0 Å². The van der Waals surface area contributed by atoms with E-state index in [0.717, 1.165) is 12.5 Å². The van der Waals surface area contributed by atoms with E-state index in [0.29, 0.717) is 12.5 Å². The molecule has 1 amide bonds. The highest BCUT2D eigenvalue weighted by Crippen LogP contribution is 2.34. The Bertz CT molecular complexity index is 170. The van der Waals surface area contributed by atoms with Crippen LogP contribution in [0.15, 0.2) is 0 Å². The van der Waals surface area contributed by atoms with Crippen LogP contribution in [0.3, 0.4) is 0 Å². The van der Waals surface area contributed by atoms with Gasteiger partial charge in [0.1, 0.15) is 0 Å². The topological polar surface area (TPSA) is 41.1 Å². The van der Waals surface area contributed by atoms with E-state index in [9.17, 15) is 4.79 Å². The molecule has 0 aliphatic heterocycles. The molecule has 0 aromatic heterocycles. The van der Waals surface area contributed by atoms with Crippen molar-refractivity contribution >= 4 is 5.91 Å². The number of hydrogen-bond acceptors (Lipinski definition) is 2. The molecule has 1 aliphatic carbocycles. The molecule has 0 radical (unpaired) electrons. The van der Waals surface area contributed by atoms with Crippen molar-refractivity contribution in [2.24, 2.45) is 5.92 Å². The summed E-state index contributed by atoms with van der Waals surface area (Å²) in [5.74, 6) is 1.01. The molecule has 1 saturated carbocycles. The number of rotatable bonds is 6. The van der Waals surface area contributed by atoms with Crippen LogP contribution in [0.5, 0.6) is 0 Å². The molecule has 1 aliphatic rings. The Labute approximate surface area is 80.3 Å². The third-order valence-electron chi connectivity index (χ3n) is 2.62. The van der Waals surface area contributed by atoms with Gasteiger partial charge in [0, 0.05) is 26.1 Å². The molecule has 0 spiro atoms. The minimum atomic E-state index is 0.125. The molecule has 1 rings (SSSR count). The first kappa shape index (κ1) is 10.5. The molecule has 2 atom stereocenters. The average molecular weight is 184 g/mol. The summed E-state index contributed by atoms with van der Waals surface area (Å²) in [6, 6.07) is 0.699. The summed E-state index contributed by atoms with van der Waals surface area (Å²) in [5, 5.41) is 6.01. The van der Waals surface area contributed by atoms with Crippen molar-refractivity contribution in [3.05, 3.63) is 0 Å². The number of hydrogen-bond donors (Lipinski definition) is 2. The lowest BCUT2D eigenvalue weighted by Crippen LogP contribution is -2.26. The summed E-state index contributed by atoms with van der Waals surface area (Å²) < 4.78 is 0. The lowest BCUT2D eigenvalue weighted by atomic mass is 10.2. The van der Waals surface area contributed by atoms with Crippen LogP contribution in [0.4, 0.5) is 0 Å². The second-order valence-electron chi connectivity index (χ2n) is 3.77. The molecule has 0 aromatic carbocycles. The standard InChI is InChI=1S/C10H20N2O/c1-3-4-8-7-9(8)12-6-5-10(13)11-2/h8-9,12H,3-7H2,1-2H3,(H,11,13). The van der Waals surface area contributed by atoms with Gasteiger partial charge in [-0.15, -0.1) is 0 Å². The Morgan fingerprint density at radius 1 is 1.54 bits per heavy atom. The van der Waals surface area contributed by atoms with Gasteiger partial charge in [0.05, 0.1) is 0 Å². The third-order valence-corrected chi connectivity index (χ3v) is 2.62. The zero-order valence-electron chi connectivity index (χ0n) is 8.60. The van der Waals surface area contributed by atoms with Gasteiger partial charge in [-0.1, -0.05) is 13.3 Å². The fourth-order valence-corrected chi connectivity index (χ4v) is 1.68. The fraction of sp³-hybridized carbons (Fsp3) is 0.900. The lowest BCUT2D eigenvalue weighted by molar-refractivity contribution is -0.120. The van der Waals surface area contributed by atoms with Crippen LogP contribution in [0.2, 0.25) is 0 Å². The van der Waals surface area contributed by atoms with Crippen molar-refractivity contribution in [3.63, 3.8) is 0 Å². The fourth-order valence-electron chi connectivity index (χ4n) is 1.68. The van der Waals surface area contributed by atoms with Crippen molar-refractivity contribution in [1.29, 1.82) is 0 Å². The number of carbonyl (C=O) groups excluding carboxylic acids is 1. The van der Waals surface area contributed by atoms with E-state index < -0.39 is 0 Å². The maximum absolute atomic E-state index is 10.9. The Kier molecular flexibility index (Phi) is 4.22. The van der Waals surface area contributed by atoms with Gasteiger partial charge in [0.2, 0.25) is 5.91 Å². The monoisotopic (exact) mass is 184 g/mol. The third kappa shape index (κ3) is 3.77. The van der Waals surface area contributed by atoms with E-state index >= 15 is 0 Å². The minimum Gasteiger partial charge on any atom is -0.359 e. The molecule has 0 heterocycles. The highest BCUT2D eigenvalue weighted by Gasteiger charge is 2.34. The molecular formula is C10H20N2O. The lowest BCUT2D eigenvalue weighted by Gasteiger charge is -2.02. The molecule has 2 N–H and O–H groups in total. The summed E-state index contributed by atoms with van der Waals surface area (Å²) in [6.45, 7) is 3.05. The SMILES string of the molecule is CCCC1CC1NCCC(=O)NC. The first-order valence-electron chi connectivity index (χ1n) is 5.22. The second-order valence-corrected chi connectivity index (χ2v) is 3.77. The van der Waals surface area contributed by atoms with Crippen LogP contribution in [-0.4, -0.2) is 25.5 Å². The minimum absolute atomic E-state index is 0.125. The molecule has 2 unspecified atom stereocenters. The van der Waals surface area contributed by atoms with E-state index in [1.54, 1.807) is 7.05 Å². The Balaban J connectivity index is 1.94. The highest BCUT2D eigenvalue weighted by molar-refractivity contribution is 5.75. The summed E-state index contributed by atoms with van der Waals surface area (Å²) >= 11 is 0. The Morgan fingerprint density at radius 3 is 2.92 bits per heavy atom. The van der Waals surface area contributed by atoms with Gasteiger partial charge >= 0.3 is 0 Å². The van der Waals surface area contributed by atoms with Crippen molar-refractivity contribution in [2.75, 3.05) is 13.6 Å². The van der Waals surface area contributed by atoms with Crippen molar-refractivity contribution in [3.8, 4) is 0 Å². The molecular weight excluding hydrogens is 164 g/mol. The molecule has 3 heteroatoms. The second kappa shape index (κ2) is 5.22. The van der Waals surface area contributed by atoms with Gasteiger partial charge in [0.25, 0.3) is 0 Å².